The lowest BCUT2D eigenvalue weighted by Crippen LogP contribution is -1.89. The average molecular weight is 243 g/mol. The second kappa shape index (κ2) is 4.71. The minimum atomic E-state index is -0.708. The van der Waals surface area contributed by atoms with Gasteiger partial charge in [0, 0.05) is 4.47 Å². The zero-order valence-electron chi connectivity index (χ0n) is 6.90. The first-order valence-electron chi connectivity index (χ1n) is 3.47. The van der Waals surface area contributed by atoms with Crippen molar-refractivity contribution < 1.29 is 9.53 Å². The summed E-state index contributed by atoms with van der Waals surface area (Å²) in [6.45, 7) is 0. The van der Waals surface area contributed by atoms with Crippen molar-refractivity contribution in [2.75, 3.05) is 7.11 Å². The van der Waals surface area contributed by atoms with Crippen molar-refractivity contribution in [2.24, 2.45) is 10.2 Å². The summed E-state index contributed by atoms with van der Waals surface area (Å²) in [4.78, 5) is 10.6. The van der Waals surface area contributed by atoms with Crippen LogP contribution in [0.25, 0.3) is 0 Å². The SMILES string of the molecule is COC(=O)N=Nc1cccc(Br)c1. The van der Waals surface area contributed by atoms with Crippen molar-refractivity contribution in [3.05, 3.63) is 28.7 Å². The monoisotopic (exact) mass is 242 g/mol. The molecule has 1 amide bonds. The number of hydrogen-bond acceptors (Lipinski definition) is 3. The molecule has 0 saturated carbocycles. The zero-order chi connectivity index (χ0) is 9.68. The molecule has 0 heterocycles. The second-order valence-electron chi connectivity index (χ2n) is 2.15. The van der Waals surface area contributed by atoms with E-state index in [1.54, 1.807) is 18.2 Å². The van der Waals surface area contributed by atoms with Crippen LogP contribution in [0.4, 0.5) is 10.5 Å². The normalized spacial score (nSPS) is 10.3. The van der Waals surface area contributed by atoms with Crippen molar-refractivity contribution in [1.82, 2.24) is 0 Å². The molecule has 0 bridgehead atoms. The van der Waals surface area contributed by atoms with E-state index in [0.717, 1.165) is 4.47 Å². The molecule has 0 radical (unpaired) electrons. The standard InChI is InChI=1S/C8H7BrN2O2/c1-13-8(12)11-10-7-4-2-3-6(9)5-7/h2-5H,1H3. The molecule has 0 unspecified atom stereocenters. The Morgan fingerprint density at radius 1 is 1.54 bits per heavy atom. The Labute approximate surface area is 83.8 Å². The molecule has 13 heavy (non-hydrogen) atoms. The van der Waals surface area contributed by atoms with Crippen LogP contribution in [-0.4, -0.2) is 13.2 Å². The predicted octanol–water partition coefficient (Wildman–Crippen LogP) is 3.30. The number of ether oxygens (including phenoxy) is 1. The molecule has 1 aromatic carbocycles. The van der Waals surface area contributed by atoms with Crippen LogP contribution in [0.2, 0.25) is 0 Å². The van der Waals surface area contributed by atoms with Gasteiger partial charge in [0.15, 0.2) is 0 Å². The van der Waals surface area contributed by atoms with Gasteiger partial charge < -0.3 is 4.74 Å². The molecule has 0 aliphatic heterocycles. The summed E-state index contributed by atoms with van der Waals surface area (Å²) in [6, 6.07) is 7.14. The van der Waals surface area contributed by atoms with Gasteiger partial charge in [-0.15, -0.1) is 5.11 Å². The van der Waals surface area contributed by atoms with Crippen LogP contribution in [-0.2, 0) is 4.74 Å². The summed E-state index contributed by atoms with van der Waals surface area (Å²) in [6.07, 6.45) is -0.708. The Morgan fingerprint density at radius 2 is 2.31 bits per heavy atom. The van der Waals surface area contributed by atoms with Crippen LogP contribution >= 0.6 is 15.9 Å². The second-order valence-corrected chi connectivity index (χ2v) is 3.07. The highest BCUT2D eigenvalue weighted by Crippen LogP contribution is 2.18. The van der Waals surface area contributed by atoms with Gasteiger partial charge in [-0.2, -0.15) is 0 Å². The van der Waals surface area contributed by atoms with E-state index in [9.17, 15) is 4.79 Å². The van der Waals surface area contributed by atoms with Crippen LogP contribution in [0.15, 0.2) is 39.0 Å². The lowest BCUT2D eigenvalue weighted by molar-refractivity contribution is 0.181. The van der Waals surface area contributed by atoms with Gasteiger partial charge in [0.05, 0.1) is 12.8 Å². The third-order valence-corrected chi connectivity index (χ3v) is 1.72. The van der Waals surface area contributed by atoms with Crippen molar-refractivity contribution >= 4 is 27.7 Å². The molecule has 68 valence electrons. The molecule has 0 saturated heterocycles. The third kappa shape index (κ3) is 3.33. The number of nitrogens with zero attached hydrogens (tertiary/aromatic N) is 2. The maximum atomic E-state index is 10.6. The fourth-order valence-electron chi connectivity index (χ4n) is 0.678. The van der Waals surface area contributed by atoms with E-state index in [2.05, 4.69) is 30.9 Å². The summed E-state index contributed by atoms with van der Waals surface area (Å²) in [5.41, 5.74) is 0.597. The minimum Gasteiger partial charge on any atom is -0.450 e. The van der Waals surface area contributed by atoms with Crippen LogP contribution in [0.5, 0.6) is 0 Å². The van der Waals surface area contributed by atoms with Crippen molar-refractivity contribution in [2.45, 2.75) is 0 Å². The molecule has 0 aromatic heterocycles. The van der Waals surface area contributed by atoms with E-state index in [1.807, 2.05) is 6.07 Å². The van der Waals surface area contributed by atoms with Gasteiger partial charge in [0.2, 0.25) is 0 Å². The number of azo groups is 1. The Balaban J connectivity index is 2.74. The molecule has 0 N–H and O–H groups in total. The molecule has 0 atom stereocenters. The molecular weight excluding hydrogens is 236 g/mol. The van der Waals surface area contributed by atoms with Gasteiger partial charge in [0.1, 0.15) is 0 Å². The van der Waals surface area contributed by atoms with Gasteiger partial charge >= 0.3 is 6.09 Å². The smallest absolute Gasteiger partial charge is 0.450 e. The number of hydrogen-bond donors (Lipinski definition) is 0. The molecule has 0 aliphatic carbocycles. The molecule has 1 rings (SSSR count). The number of halogens is 1. The van der Waals surface area contributed by atoms with Gasteiger partial charge in [-0.05, 0) is 18.2 Å². The van der Waals surface area contributed by atoms with Crippen LogP contribution in [0, 0.1) is 0 Å². The first kappa shape index (κ1) is 9.85. The maximum absolute atomic E-state index is 10.6. The van der Waals surface area contributed by atoms with Crippen molar-refractivity contribution in [3.8, 4) is 0 Å². The highest BCUT2D eigenvalue weighted by molar-refractivity contribution is 9.10. The number of rotatable bonds is 1. The Kier molecular flexibility index (Phi) is 3.57. The number of carbonyl (C=O) groups is 1. The van der Waals surface area contributed by atoms with E-state index in [0.29, 0.717) is 5.69 Å². The number of benzene rings is 1. The third-order valence-electron chi connectivity index (χ3n) is 1.23. The summed E-state index contributed by atoms with van der Waals surface area (Å²) in [5, 5.41) is 6.96. The number of carbonyl (C=O) groups excluding carboxylic acids is 1. The van der Waals surface area contributed by atoms with Gasteiger partial charge in [-0.1, -0.05) is 27.1 Å². The minimum absolute atomic E-state index is 0.597. The lowest BCUT2D eigenvalue weighted by Gasteiger charge is -1.92. The van der Waals surface area contributed by atoms with Gasteiger partial charge in [-0.25, -0.2) is 4.79 Å². The van der Waals surface area contributed by atoms with E-state index < -0.39 is 6.09 Å². The topological polar surface area (TPSA) is 51.0 Å². The van der Waals surface area contributed by atoms with E-state index in [4.69, 9.17) is 0 Å². The molecular formula is C8H7BrN2O2. The van der Waals surface area contributed by atoms with E-state index in [1.165, 1.54) is 7.11 Å². The van der Waals surface area contributed by atoms with E-state index in [-0.39, 0.29) is 0 Å². The van der Waals surface area contributed by atoms with Crippen molar-refractivity contribution in [3.63, 3.8) is 0 Å². The largest absolute Gasteiger partial charge is 0.452 e. The molecule has 0 fully saturated rings. The Morgan fingerprint density at radius 3 is 2.92 bits per heavy atom. The highest BCUT2D eigenvalue weighted by Gasteiger charge is 1.94. The quantitative estimate of drug-likeness (QED) is 0.710. The van der Waals surface area contributed by atoms with Crippen molar-refractivity contribution in [1.29, 1.82) is 0 Å². The molecule has 4 nitrogen and oxygen atoms in total. The summed E-state index contributed by atoms with van der Waals surface area (Å²) >= 11 is 3.27. The van der Waals surface area contributed by atoms with E-state index >= 15 is 0 Å². The predicted molar refractivity (Wildman–Crippen MR) is 51.1 cm³/mol. The first-order chi connectivity index (χ1) is 6.22. The fourth-order valence-corrected chi connectivity index (χ4v) is 1.06. The number of amides is 1. The Hall–Kier alpha value is -1.23. The number of methoxy groups -OCH3 is 1. The van der Waals surface area contributed by atoms with Crippen LogP contribution in [0.3, 0.4) is 0 Å². The molecule has 0 spiro atoms. The highest BCUT2D eigenvalue weighted by atomic mass is 79.9. The van der Waals surface area contributed by atoms with Gasteiger partial charge in [-0.3, -0.25) is 0 Å². The van der Waals surface area contributed by atoms with Crippen LogP contribution in [0.1, 0.15) is 0 Å². The molecule has 5 heteroatoms. The summed E-state index contributed by atoms with van der Waals surface area (Å²) in [5.74, 6) is 0. The van der Waals surface area contributed by atoms with Crippen LogP contribution < -0.4 is 0 Å². The lowest BCUT2D eigenvalue weighted by atomic mass is 10.3. The average Bonchev–Trinajstić information content (AvgIpc) is 2.14. The summed E-state index contributed by atoms with van der Waals surface area (Å²) < 4.78 is 5.17. The zero-order valence-corrected chi connectivity index (χ0v) is 8.48. The maximum Gasteiger partial charge on any atom is 0.452 e. The fraction of sp³-hybridized carbons (Fsp3) is 0.125. The summed E-state index contributed by atoms with van der Waals surface area (Å²) in [7, 11) is 1.25. The molecule has 0 aliphatic rings. The Bertz CT molecular complexity index is 339. The first-order valence-corrected chi connectivity index (χ1v) is 4.27. The van der Waals surface area contributed by atoms with Gasteiger partial charge in [0.25, 0.3) is 0 Å². The molecule has 1 aromatic rings.